The maximum atomic E-state index is 12.4. The Hall–Kier alpha value is -1.41. The number of hydrogen-bond acceptors (Lipinski definition) is 4. The van der Waals surface area contributed by atoms with Crippen molar-refractivity contribution in [2.75, 3.05) is 13.1 Å². The van der Waals surface area contributed by atoms with Crippen LogP contribution in [0.1, 0.15) is 11.7 Å². The molecule has 22 heavy (non-hydrogen) atoms. The summed E-state index contributed by atoms with van der Waals surface area (Å²) < 4.78 is 27.1. The summed E-state index contributed by atoms with van der Waals surface area (Å²) in [4.78, 5) is 7.79. The minimum Gasteiger partial charge on any atom is -0.342 e. The monoisotopic (exact) mass is 353 g/mol. The number of nitrogens with one attached hydrogen (secondary N) is 1. The van der Waals surface area contributed by atoms with Gasteiger partial charge < -0.3 is 4.98 Å². The lowest BCUT2D eigenvalue weighted by atomic mass is 10.0. The van der Waals surface area contributed by atoms with Crippen LogP contribution in [0.5, 0.6) is 0 Å². The zero-order chi connectivity index (χ0) is 15.3. The highest BCUT2D eigenvalue weighted by molar-refractivity contribution is 7.91. The molecule has 0 saturated carbocycles. The van der Waals surface area contributed by atoms with Crippen molar-refractivity contribution in [2.45, 2.75) is 10.1 Å². The highest BCUT2D eigenvalue weighted by Gasteiger charge is 2.39. The second-order valence-corrected chi connectivity index (χ2v) is 9.10. The van der Waals surface area contributed by atoms with Crippen LogP contribution in [0.15, 0.2) is 40.6 Å². The van der Waals surface area contributed by atoms with Crippen molar-refractivity contribution in [2.24, 2.45) is 0 Å². The number of sulfonamides is 1. The fourth-order valence-electron chi connectivity index (χ4n) is 2.54. The number of H-pyrrole nitrogens is 1. The molecule has 3 heterocycles. The van der Waals surface area contributed by atoms with Crippen molar-refractivity contribution in [3.63, 3.8) is 0 Å². The normalized spacial score (nSPS) is 17.0. The summed E-state index contributed by atoms with van der Waals surface area (Å²) in [5, 5.41) is 0. The predicted molar refractivity (Wildman–Crippen MR) is 86.9 cm³/mol. The van der Waals surface area contributed by atoms with E-state index in [2.05, 4.69) is 9.97 Å². The predicted octanol–water partition coefficient (Wildman–Crippen LogP) is 3.07. The number of hydrogen-bond donors (Lipinski definition) is 1. The van der Waals surface area contributed by atoms with E-state index >= 15 is 0 Å². The van der Waals surface area contributed by atoms with Gasteiger partial charge in [-0.15, -0.1) is 11.3 Å². The Balaban J connectivity index is 1.54. The van der Waals surface area contributed by atoms with Crippen LogP contribution in [0.4, 0.5) is 0 Å². The molecule has 0 bridgehead atoms. The molecule has 0 radical (unpaired) electrons. The molecule has 0 atom stereocenters. The number of rotatable bonds is 3. The largest absolute Gasteiger partial charge is 0.342 e. The van der Waals surface area contributed by atoms with Crippen molar-refractivity contribution in [3.8, 4) is 0 Å². The number of halogens is 1. The molecule has 1 fully saturated rings. The number of thiophene rings is 1. The maximum absolute atomic E-state index is 12.4. The smallest absolute Gasteiger partial charge is 0.252 e. The molecule has 0 aliphatic carbocycles. The molecule has 1 saturated heterocycles. The van der Waals surface area contributed by atoms with Gasteiger partial charge in [0.25, 0.3) is 10.0 Å². The number of para-hydroxylation sites is 2. The number of benzene rings is 1. The molecule has 0 spiro atoms. The first-order valence-electron chi connectivity index (χ1n) is 6.74. The average Bonchev–Trinajstić information content (AvgIpc) is 3.02. The van der Waals surface area contributed by atoms with Gasteiger partial charge >= 0.3 is 0 Å². The molecular formula is C14H12ClN3O2S2. The van der Waals surface area contributed by atoms with Gasteiger partial charge in [0.15, 0.2) is 0 Å². The standard InChI is InChI=1S/C14H12ClN3O2S2/c15-12-5-6-13(21-12)22(19,20)18-7-9(8-18)14-16-10-3-1-2-4-11(10)17-14/h1-6,9H,7-8H2,(H,16,17). The Bertz CT molecular complexity index is 909. The van der Waals surface area contributed by atoms with E-state index in [1.807, 2.05) is 24.3 Å². The van der Waals surface area contributed by atoms with Gasteiger partial charge in [0.05, 0.1) is 15.4 Å². The van der Waals surface area contributed by atoms with Crippen LogP contribution in [0.25, 0.3) is 11.0 Å². The molecule has 3 aromatic rings. The lowest BCUT2D eigenvalue weighted by Crippen LogP contribution is -2.48. The third-order valence-electron chi connectivity index (χ3n) is 3.79. The molecule has 1 aliphatic heterocycles. The third-order valence-corrected chi connectivity index (χ3v) is 7.32. The Labute approximate surface area is 136 Å². The van der Waals surface area contributed by atoms with Crippen LogP contribution in [0.2, 0.25) is 4.34 Å². The van der Waals surface area contributed by atoms with Crippen LogP contribution in [-0.2, 0) is 10.0 Å². The molecule has 1 N–H and O–H groups in total. The van der Waals surface area contributed by atoms with E-state index in [1.54, 1.807) is 12.1 Å². The Morgan fingerprint density at radius 2 is 2.00 bits per heavy atom. The average molecular weight is 354 g/mol. The zero-order valence-electron chi connectivity index (χ0n) is 11.4. The van der Waals surface area contributed by atoms with Crippen LogP contribution in [0.3, 0.4) is 0 Å². The first kappa shape index (κ1) is 14.2. The topological polar surface area (TPSA) is 66.1 Å². The molecule has 0 amide bonds. The Morgan fingerprint density at radius 3 is 2.68 bits per heavy atom. The van der Waals surface area contributed by atoms with Gasteiger partial charge in [-0.3, -0.25) is 0 Å². The number of imidazole rings is 1. The fourth-order valence-corrected chi connectivity index (χ4v) is 5.70. The highest BCUT2D eigenvalue weighted by atomic mass is 35.5. The first-order valence-corrected chi connectivity index (χ1v) is 9.37. The Morgan fingerprint density at radius 1 is 1.23 bits per heavy atom. The van der Waals surface area contributed by atoms with Crippen molar-refractivity contribution < 1.29 is 8.42 Å². The molecule has 8 heteroatoms. The zero-order valence-corrected chi connectivity index (χ0v) is 13.7. The Kier molecular flexibility index (Phi) is 3.26. The summed E-state index contributed by atoms with van der Waals surface area (Å²) in [6.45, 7) is 0.884. The van der Waals surface area contributed by atoms with E-state index in [9.17, 15) is 8.42 Å². The van der Waals surface area contributed by atoms with E-state index in [1.165, 1.54) is 4.31 Å². The summed E-state index contributed by atoms with van der Waals surface area (Å²) in [6.07, 6.45) is 0. The van der Waals surface area contributed by atoms with Gasteiger partial charge in [0.2, 0.25) is 0 Å². The molecule has 4 rings (SSSR count). The van der Waals surface area contributed by atoms with Gasteiger partial charge in [0.1, 0.15) is 10.0 Å². The molecule has 1 aromatic carbocycles. The minimum atomic E-state index is -3.43. The fraction of sp³-hybridized carbons (Fsp3) is 0.214. The van der Waals surface area contributed by atoms with Gasteiger partial charge in [-0.05, 0) is 24.3 Å². The van der Waals surface area contributed by atoms with E-state index in [4.69, 9.17) is 11.6 Å². The van der Waals surface area contributed by atoms with Crippen molar-refractivity contribution in [3.05, 3.63) is 46.6 Å². The minimum absolute atomic E-state index is 0.109. The summed E-state index contributed by atoms with van der Waals surface area (Å²) in [6, 6.07) is 10.9. The van der Waals surface area contributed by atoms with Gasteiger partial charge in [0, 0.05) is 19.0 Å². The number of nitrogens with zero attached hydrogens (tertiary/aromatic N) is 2. The van der Waals surface area contributed by atoms with Crippen LogP contribution >= 0.6 is 22.9 Å². The highest BCUT2D eigenvalue weighted by Crippen LogP contribution is 2.34. The van der Waals surface area contributed by atoms with E-state index in [0.29, 0.717) is 21.6 Å². The quantitative estimate of drug-likeness (QED) is 0.787. The number of aromatic amines is 1. The lowest BCUT2D eigenvalue weighted by molar-refractivity contribution is 0.258. The summed E-state index contributed by atoms with van der Waals surface area (Å²) in [5.74, 6) is 0.953. The van der Waals surface area contributed by atoms with Crippen LogP contribution in [0, 0.1) is 0 Å². The third kappa shape index (κ3) is 2.25. The van der Waals surface area contributed by atoms with Crippen molar-refractivity contribution >= 4 is 44.0 Å². The number of fused-ring (bicyclic) bond motifs is 1. The van der Waals surface area contributed by atoms with Gasteiger partial charge in [-0.2, -0.15) is 4.31 Å². The maximum Gasteiger partial charge on any atom is 0.252 e. The van der Waals surface area contributed by atoms with E-state index in [-0.39, 0.29) is 5.92 Å². The van der Waals surface area contributed by atoms with Crippen molar-refractivity contribution in [1.29, 1.82) is 0 Å². The summed E-state index contributed by atoms with van der Waals surface area (Å²) >= 11 is 6.91. The van der Waals surface area contributed by atoms with Crippen LogP contribution < -0.4 is 0 Å². The van der Waals surface area contributed by atoms with E-state index < -0.39 is 10.0 Å². The van der Waals surface area contributed by atoms with E-state index in [0.717, 1.165) is 28.2 Å². The molecular weight excluding hydrogens is 342 g/mol. The molecule has 0 unspecified atom stereocenters. The number of aromatic nitrogens is 2. The summed E-state index contributed by atoms with van der Waals surface area (Å²) in [5.41, 5.74) is 1.88. The molecule has 114 valence electrons. The van der Waals surface area contributed by atoms with Gasteiger partial charge in [-0.1, -0.05) is 23.7 Å². The second kappa shape index (κ2) is 5.06. The SMILES string of the molecule is O=S(=O)(c1ccc(Cl)s1)N1CC(c2nc3ccccc3[nH]2)C1. The molecule has 2 aromatic heterocycles. The summed E-state index contributed by atoms with van der Waals surface area (Å²) in [7, 11) is -3.43. The van der Waals surface area contributed by atoms with Crippen LogP contribution in [-0.4, -0.2) is 35.8 Å². The lowest BCUT2D eigenvalue weighted by Gasteiger charge is -2.36. The van der Waals surface area contributed by atoms with Gasteiger partial charge in [-0.25, -0.2) is 13.4 Å². The first-order chi connectivity index (χ1) is 10.5. The molecule has 5 nitrogen and oxygen atoms in total. The molecule has 1 aliphatic rings. The second-order valence-electron chi connectivity index (χ2n) is 5.22. The van der Waals surface area contributed by atoms with Crippen molar-refractivity contribution in [1.82, 2.24) is 14.3 Å².